The molecule has 1 aliphatic rings. The lowest BCUT2D eigenvalue weighted by molar-refractivity contribution is -0.384. The van der Waals surface area contributed by atoms with E-state index in [1.807, 2.05) is 6.92 Å². The summed E-state index contributed by atoms with van der Waals surface area (Å²) >= 11 is 5.90. The number of carbonyl (C=O) groups excluding carboxylic acids is 1. The van der Waals surface area contributed by atoms with E-state index in [1.54, 1.807) is 0 Å². The minimum absolute atomic E-state index is 0.101. The van der Waals surface area contributed by atoms with Crippen molar-refractivity contribution in [3.05, 3.63) is 38.9 Å². The van der Waals surface area contributed by atoms with Gasteiger partial charge in [0.05, 0.1) is 22.6 Å². The number of benzene rings is 1. The number of carbonyl (C=O) groups is 1. The van der Waals surface area contributed by atoms with Crippen molar-refractivity contribution in [3.8, 4) is 0 Å². The molecule has 1 unspecified atom stereocenters. The molecule has 7 heteroatoms. The molecule has 1 amide bonds. The van der Waals surface area contributed by atoms with Crippen LogP contribution in [0.5, 0.6) is 0 Å². The number of amides is 1. The van der Waals surface area contributed by atoms with Crippen LogP contribution in [0.4, 0.5) is 5.69 Å². The summed E-state index contributed by atoms with van der Waals surface area (Å²) in [5.74, 6) is -0.429. The average molecular weight is 285 g/mol. The first-order valence-electron chi connectivity index (χ1n) is 5.76. The van der Waals surface area contributed by atoms with Crippen molar-refractivity contribution in [1.29, 1.82) is 0 Å². The highest BCUT2D eigenvalue weighted by Crippen LogP contribution is 2.28. The van der Waals surface area contributed by atoms with Crippen molar-refractivity contribution < 1.29 is 14.5 Å². The Labute approximate surface area is 114 Å². The van der Waals surface area contributed by atoms with Gasteiger partial charge in [-0.3, -0.25) is 14.9 Å². The topological polar surface area (TPSA) is 81.5 Å². The Hall–Kier alpha value is -1.66. The number of hydrogen-bond acceptors (Lipinski definition) is 4. The van der Waals surface area contributed by atoms with E-state index in [1.165, 1.54) is 18.2 Å². The van der Waals surface area contributed by atoms with E-state index in [0.717, 1.165) is 0 Å². The number of nitro benzene ring substituents is 1. The summed E-state index contributed by atoms with van der Waals surface area (Å²) < 4.78 is 5.23. The maximum absolute atomic E-state index is 12.1. The molecule has 2 rings (SSSR count). The second-order valence-corrected chi connectivity index (χ2v) is 5.09. The van der Waals surface area contributed by atoms with Crippen LogP contribution >= 0.6 is 11.6 Å². The zero-order chi connectivity index (χ0) is 14.0. The number of rotatable bonds is 3. The quantitative estimate of drug-likeness (QED) is 0.681. The summed E-state index contributed by atoms with van der Waals surface area (Å²) in [4.78, 5) is 22.3. The summed E-state index contributed by atoms with van der Waals surface area (Å²) in [6.07, 6.45) is 0.700. The third-order valence-corrected chi connectivity index (χ3v) is 3.45. The lowest BCUT2D eigenvalue weighted by Crippen LogP contribution is -2.46. The Morgan fingerprint density at radius 1 is 1.58 bits per heavy atom. The predicted octanol–water partition coefficient (Wildman–Crippen LogP) is 2.16. The van der Waals surface area contributed by atoms with Crippen LogP contribution in [0, 0.1) is 10.1 Å². The molecule has 0 saturated carbocycles. The molecule has 1 heterocycles. The monoisotopic (exact) mass is 284 g/mol. The molecule has 1 saturated heterocycles. The number of halogens is 1. The Morgan fingerprint density at radius 3 is 2.89 bits per heavy atom. The third kappa shape index (κ3) is 2.85. The van der Waals surface area contributed by atoms with Crippen LogP contribution in [0.3, 0.4) is 0 Å². The van der Waals surface area contributed by atoms with Crippen LogP contribution in [-0.4, -0.2) is 29.6 Å². The van der Waals surface area contributed by atoms with Gasteiger partial charge in [0, 0.05) is 12.7 Å². The van der Waals surface area contributed by atoms with Crippen LogP contribution in [0.15, 0.2) is 18.2 Å². The van der Waals surface area contributed by atoms with Gasteiger partial charge in [0.15, 0.2) is 0 Å². The Kier molecular flexibility index (Phi) is 3.73. The normalized spacial score (nSPS) is 22.2. The summed E-state index contributed by atoms with van der Waals surface area (Å²) in [6.45, 7) is 2.87. The molecule has 1 aliphatic heterocycles. The SMILES string of the molecule is CC1(NC(=O)c2cccc([N+](=O)[O-])c2Cl)CCOC1. The lowest BCUT2D eigenvalue weighted by atomic mass is 10.0. The van der Waals surface area contributed by atoms with E-state index in [9.17, 15) is 14.9 Å². The van der Waals surface area contributed by atoms with Gasteiger partial charge in [-0.05, 0) is 19.4 Å². The lowest BCUT2D eigenvalue weighted by Gasteiger charge is -2.23. The molecule has 6 nitrogen and oxygen atoms in total. The molecular weight excluding hydrogens is 272 g/mol. The average Bonchev–Trinajstić information content (AvgIpc) is 2.75. The van der Waals surface area contributed by atoms with Gasteiger partial charge >= 0.3 is 0 Å². The third-order valence-electron chi connectivity index (χ3n) is 3.05. The second-order valence-electron chi connectivity index (χ2n) is 4.71. The van der Waals surface area contributed by atoms with Crippen molar-refractivity contribution >= 4 is 23.2 Å². The highest BCUT2D eigenvalue weighted by atomic mass is 35.5. The van der Waals surface area contributed by atoms with Gasteiger partial charge in [-0.25, -0.2) is 0 Å². The van der Waals surface area contributed by atoms with Crippen LogP contribution in [-0.2, 0) is 4.74 Å². The first-order chi connectivity index (χ1) is 8.93. The maximum atomic E-state index is 12.1. The smallest absolute Gasteiger partial charge is 0.288 e. The minimum atomic E-state index is -0.612. The summed E-state index contributed by atoms with van der Waals surface area (Å²) in [6, 6.07) is 4.16. The zero-order valence-electron chi connectivity index (χ0n) is 10.3. The van der Waals surface area contributed by atoms with Gasteiger partial charge < -0.3 is 10.1 Å². The molecule has 0 bridgehead atoms. The summed E-state index contributed by atoms with van der Waals surface area (Å²) in [5, 5.41) is 13.4. The van der Waals surface area contributed by atoms with Gasteiger partial charge in [0.2, 0.25) is 0 Å². The number of nitrogens with one attached hydrogen (secondary N) is 1. The van der Waals surface area contributed by atoms with E-state index in [4.69, 9.17) is 16.3 Å². The van der Waals surface area contributed by atoms with Crippen LogP contribution in [0.2, 0.25) is 5.02 Å². The molecule has 0 aliphatic carbocycles. The molecule has 1 N–H and O–H groups in total. The van der Waals surface area contributed by atoms with E-state index in [0.29, 0.717) is 19.6 Å². The molecule has 19 heavy (non-hydrogen) atoms. The zero-order valence-corrected chi connectivity index (χ0v) is 11.1. The first-order valence-corrected chi connectivity index (χ1v) is 6.14. The van der Waals surface area contributed by atoms with Crippen molar-refractivity contribution in [2.45, 2.75) is 18.9 Å². The van der Waals surface area contributed by atoms with Crippen LogP contribution in [0.25, 0.3) is 0 Å². The molecule has 1 fully saturated rings. The molecule has 1 aromatic rings. The van der Waals surface area contributed by atoms with E-state index in [2.05, 4.69) is 5.32 Å². The molecule has 1 aromatic carbocycles. The van der Waals surface area contributed by atoms with E-state index >= 15 is 0 Å². The van der Waals surface area contributed by atoms with Gasteiger partial charge in [-0.2, -0.15) is 0 Å². The van der Waals surface area contributed by atoms with Gasteiger partial charge in [-0.1, -0.05) is 17.7 Å². The molecule has 0 radical (unpaired) electrons. The minimum Gasteiger partial charge on any atom is -0.379 e. The van der Waals surface area contributed by atoms with E-state index < -0.39 is 16.4 Å². The summed E-state index contributed by atoms with van der Waals surface area (Å²) in [5.41, 5.74) is -0.628. The van der Waals surface area contributed by atoms with Crippen molar-refractivity contribution in [3.63, 3.8) is 0 Å². The Balaban J connectivity index is 2.24. The maximum Gasteiger partial charge on any atom is 0.288 e. The van der Waals surface area contributed by atoms with Crippen molar-refractivity contribution in [2.24, 2.45) is 0 Å². The largest absolute Gasteiger partial charge is 0.379 e. The van der Waals surface area contributed by atoms with E-state index in [-0.39, 0.29) is 16.3 Å². The highest BCUT2D eigenvalue weighted by Gasteiger charge is 2.32. The number of nitrogens with zero attached hydrogens (tertiary/aromatic N) is 1. The number of ether oxygens (including phenoxy) is 1. The first kappa shape index (κ1) is 13.8. The molecule has 0 aromatic heterocycles. The fourth-order valence-electron chi connectivity index (χ4n) is 1.94. The number of hydrogen-bond donors (Lipinski definition) is 1. The van der Waals surface area contributed by atoms with Crippen LogP contribution in [0.1, 0.15) is 23.7 Å². The van der Waals surface area contributed by atoms with Gasteiger partial charge in [0.1, 0.15) is 5.02 Å². The van der Waals surface area contributed by atoms with Crippen molar-refractivity contribution in [2.75, 3.05) is 13.2 Å². The van der Waals surface area contributed by atoms with Crippen LogP contribution < -0.4 is 5.32 Å². The fraction of sp³-hybridized carbons (Fsp3) is 0.417. The Bertz CT molecular complexity index is 526. The second kappa shape index (κ2) is 5.14. The molecule has 0 spiro atoms. The highest BCUT2D eigenvalue weighted by molar-refractivity contribution is 6.35. The molecule has 102 valence electrons. The van der Waals surface area contributed by atoms with Gasteiger partial charge in [-0.15, -0.1) is 0 Å². The molecule has 1 atom stereocenters. The van der Waals surface area contributed by atoms with Gasteiger partial charge in [0.25, 0.3) is 11.6 Å². The fourth-order valence-corrected chi connectivity index (χ4v) is 2.22. The van der Waals surface area contributed by atoms with Crippen molar-refractivity contribution in [1.82, 2.24) is 5.32 Å². The summed E-state index contributed by atoms with van der Waals surface area (Å²) in [7, 11) is 0. The Morgan fingerprint density at radius 2 is 2.32 bits per heavy atom. The predicted molar refractivity (Wildman–Crippen MR) is 69.4 cm³/mol. The molecular formula is C12H13ClN2O4. The number of nitro groups is 1. The standard InChI is InChI=1S/C12H13ClN2O4/c1-12(5-6-19-7-12)14-11(16)8-3-2-4-9(10(8)13)15(17)18/h2-4H,5-7H2,1H3,(H,14,16).